The highest BCUT2D eigenvalue weighted by Gasteiger charge is 2.10. The van der Waals surface area contributed by atoms with E-state index >= 15 is 0 Å². The van der Waals surface area contributed by atoms with Crippen LogP contribution in [0.3, 0.4) is 0 Å². The van der Waals surface area contributed by atoms with Crippen LogP contribution in [0.25, 0.3) is 16.8 Å². The third kappa shape index (κ3) is 3.54. The van der Waals surface area contributed by atoms with E-state index in [9.17, 15) is 0 Å². The first kappa shape index (κ1) is 16.9. The number of halogens is 1. The van der Waals surface area contributed by atoms with Gasteiger partial charge in [-0.25, -0.2) is 9.50 Å². The molecule has 4 aromatic rings. The molecule has 0 atom stereocenters. The number of benzene rings is 2. The van der Waals surface area contributed by atoms with Crippen LogP contribution in [0.1, 0.15) is 5.56 Å². The van der Waals surface area contributed by atoms with E-state index in [1.165, 1.54) is 5.56 Å². The summed E-state index contributed by atoms with van der Waals surface area (Å²) in [6.07, 6.45) is 3.64. The van der Waals surface area contributed by atoms with E-state index in [0.717, 1.165) is 33.3 Å². The Hall–Kier alpha value is -2.50. The van der Waals surface area contributed by atoms with Crippen LogP contribution in [0.4, 0.5) is 0 Å². The molecule has 0 saturated heterocycles. The number of rotatable bonds is 5. The van der Waals surface area contributed by atoms with Gasteiger partial charge in [-0.05, 0) is 35.9 Å². The third-order valence-electron chi connectivity index (χ3n) is 4.00. The number of nitrogens with zero attached hydrogens (tertiary/aromatic N) is 3. The molecule has 0 aliphatic heterocycles. The van der Waals surface area contributed by atoms with Gasteiger partial charge in [0.25, 0.3) is 0 Å². The highest BCUT2D eigenvalue weighted by Crippen LogP contribution is 2.29. The van der Waals surface area contributed by atoms with Gasteiger partial charge in [0.15, 0.2) is 0 Å². The highest BCUT2D eigenvalue weighted by atomic mass is 35.5. The van der Waals surface area contributed by atoms with Gasteiger partial charge in [-0.1, -0.05) is 47.6 Å². The fraction of sp³-hybridized carbons (Fsp3) is 0.100. The van der Waals surface area contributed by atoms with Crippen molar-refractivity contribution in [1.82, 2.24) is 14.6 Å². The van der Waals surface area contributed by atoms with E-state index in [1.807, 2.05) is 53.2 Å². The fourth-order valence-electron chi connectivity index (χ4n) is 2.68. The first-order valence-electron chi connectivity index (χ1n) is 8.09. The third-order valence-corrected chi connectivity index (χ3v) is 5.32. The molecule has 4 rings (SSSR count). The molecular formula is C20H16ClN3OS. The summed E-state index contributed by atoms with van der Waals surface area (Å²) in [6.45, 7) is 0. The number of hydrogen-bond acceptors (Lipinski definition) is 4. The van der Waals surface area contributed by atoms with Gasteiger partial charge in [-0.2, -0.15) is 5.10 Å². The Labute approximate surface area is 160 Å². The standard InChI is InChI=1S/C20H16ClN3OS/c1-25-17-4-2-3-14(11-17)13-26-20-19-12-18(23-24(19)10-9-22-20)15-5-7-16(21)8-6-15/h2-12H,13H2,1H3. The predicted molar refractivity (Wildman–Crippen MR) is 106 cm³/mol. The zero-order valence-corrected chi connectivity index (χ0v) is 15.7. The second-order valence-electron chi connectivity index (χ2n) is 5.74. The second kappa shape index (κ2) is 7.40. The number of ether oxygens (including phenoxy) is 1. The molecular weight excluding hydrogens is 366 g/mol. The number of thioether (sulfide) groups is 1. The van der Waals surface area contributed by atoms with E-state index in [4.69, 9.17) is 16.3 Å². The Morgan fingerprint density at radius 3 is 2.77 bits per heavy atom. The van der Waals surface area contributed by atoms with Crippen LogP contribution in [0.2, 0.25) is 5.02 Å². The van der Waals surface area contributed by atoms with Gasteiger partial charge in [0.2, 0.25) is 0 Å². The van der Waals surface area contributed by atoms with E-state index in [2.05, 4.69) is 22.2 Å². The molecule has 0 amide bonds. The van der Waals surface area contributed by atoms with E-state index in [0.29, 0.717) is 5.02 Å². The van der Waals surface area contributed by atoms with Crippen molar-refractivity contribution in [2.75, 3.05) is 7.11 Å². The number of aromatic nitrogens is 3. The lowest BCUT2D eigenvalue weighted by atomic mass is 10.1. The zero-order valence-electron chi connectivity index (χ0n) is 14.1. The fourth-order valence-corrected chi connectivity index (χ4v) is 3.73. The Morgan fingerprint density at radius 1 is 1.12 bits per heavy atom. The molecule has 0 unspecified atom stereocenters. The van der Waals surface area contributed by atoms with Gasteiger partial charge in [-0.15, -0.1) is 0 Å². The Kier molecular flexibility index (Phi) is 4.82. The molecule has 0 saturated carbocycles. The minimum absolute atomic E-state index is 0.716. The summed E-state index contributed by atoms with van der Waals surface area (Å²) < 4.78 is 7.16. The lowest BCUT2D eigenvalue weighted by molar-refractivity contribution is 0.414. The molecule has 0 aliphatic carbocycles. The molecule has 0 radical (unpaired) electrons. The molecule has 0 N–H and O–H groups in total. The minimum Gasteiger partial charge on any atom is -0.497 e. The zero-order chi connectivity index (χ0) is 17.9. The molecule has 0 aliphatic rings. The van der Waals surface area contributed by atoms with Crippen molar-refractivity contribution >= 4 is 28.9 Å². The van der Waals surface area contributed by atoms with Crippen LogP contribution in [-0.4, -0.2) is 21.7 Å². The van der Waals surface area contributed by atoms with Crippen molar-refractivity contribution in [2.24, 2.45) is 0 Å². The van der Waals surface area contributed by atoms with Crippen molar-refractivity contribution in [3.8, 4) is 17.0 Å². The average Bonchev–Trinajstić information content (AvgIpc) is 3.12. The average molecular weight is 382 g/mol. The predicted octanol–water partition coefficient (Wildman–Crippen LogP) is 5.35. The van der Waals surface area contributed by atoms with E-state index in [1.54, 1.807) is 25.1 Å². The lowest BCUT2D eigenvalue weighted by Crippen LogP contribution is -1.92. The van der Waals surface area contributed by atoms with Gasteiger partial charge in [-0.3, -0.25) is 0 Å². The second-order valence-corrected chi connectivity index (χ2v) is 7.14. The minimum atomic E-state index is 0.716. The van der Waals surface area contributed by atoms with Crippen LogP contribution in [0.15, 0.2) is 72.0 Å². The maximum atomic E-state index is 5.98. The molecule has 4 nitrogen and oxygen atoms in total. The van der Waals surface area contributed by atoms with Crippen LogP contribution in [0, 0.1) is 0 Å². The first-order chi connectivity index (χ1) is 12.7. The number of methoxy groups -OCH3 is 1. The van der Waals surface area contributed by atoms with Gasteiger partial charge in [0.1, 0.15) is 10.8 Å². The first-order valence-corrected chi connectivity index (χ1v) is 9.45. The monoisotopic (exact) mass is 381 g/mol. The normalized spacial score (nSPS) is 11.0. The van der Waals surface area contributed by atoms with Crippen LogP contribution in [-0.2, 0) is 5.75 Å². The Bertz CT molecular complexity index is 1050. The van der Waals surface area contributed by atoms with Crippen LogP contribution in [0.5, 0.6) is 5.75 Å². The molecule has 0 fully saturated rings. The van der Waals surface area contributed by atoms with Gasteiger partial charge in [0.05, 0.1) is 18.3 Å². The largest absolute Gasteiger partial charge is 0.497 e. The summed E-state index contributed by atoms with van der Waals surface area (Å²) in [5.41, 5.74) is 4.11. The molecule has 2 heterocycles. The van der Waals surface area contributed by atoms with Crippen molar-refractivity contribution < 1.29 is 4.74 Å². The van der Waals surface area contributed by atoms with Gasteiger partial charge in [0, 0.05) is 28.7 Å². The summed E-state index contributed by atoms with van der Waals surface area (Å²) in [6, 6.07) is 17.8. The number of fused-ring (bicyclic) bond motifs is 1. The van der Waals surface area contributed by atoms with Gasteiger partial charge >= 0.3 is 0 Å². The quantitative estimate of drug-likeness (QED) is 0.437. The Morgan fingerprint density at radius 2 is 1.96 bits per heavy atom. The smallest absolute Gasteiger partial charge is 0.122 e. The molecule has 0 spiro atoms. The highest BCUT2D eigenvalue weighted by molar-refractivity contribution is 7.98. The SMILES string of the molecule is COc1cccc(CSc2nccn3nc(-c4ccc(Cl)cc4)cc23)c1. The summed E-state index contributed by atoms with van der Waals surface area (Å²) in [5, 5.41) is 6.32. The molecule has 2 aromatic heterocycles. The number of hydrogen-bond donors (Lipinski definition) is 0. The molecule has 6 heteroatoms. The molecule has 130 valence electrons. The van der Waals surface area contributed by atoms with Crippen LogP contribution >= 0.6 is 23.4 Å². The maximum Gasteiger partial charge on any atom is 0.122 e. The summed E-state index contributed by atoms with van der Waals surface area (Å²) >= 11 is 7.66. The molecule has 2 aromatic carbocycles. The van der Waals surface area contributed by atoms with Crippen molar-refractivity contribution in [2.45, 2.75) is 10.8 Å². The van der Waals surface area contributed by atoms with Crippen molar-refractivity contribution in [3.05, 3.63) is 77.6 Å². The molecule has 0 bridgehead atoms. The topological polar surface area (TPSA) is 39.4 Å². The van der Waals surface area contributed by atoms with Crippen LogP contribution < -0.4 is 4.74 Å². The summed E-state index contributed by atoms with van der Waals surface area (Å²) in [7, 11) is 1.68. The summed E-state index contributed by atoms with van der Waals surface area (Å²) in [4.78, 5) is 4.54. The summed E-state index contributed by atoms with van der Waals surface area (Å²) in [5.74, 6) is 1.68. The maximum absolute atomic E-state index is 5.98. The van der Waals surface area contributed by atoms with Crippen molar-refractivity contribution in [1.29, 1.82) is 0 Å². The molecule has 26 heavy (non-hydrogen) atoms. The lowest BCUT2D eigenvalue weighted by Gasteiger charge is -2.05. The van der Waals surface area contributed by atoms with E-state index < -0.39 is 0 Å². The van der Waals surface area contributed by atoms with Gasteiger partial charge < -0.3 is 4.74 Å². The van der Waals surface area contributed by atoms with E-state index in [-0.39, 0.29) is 0 Å². The van der Waals surface area contributed by atoms with Crippen molar-refractivity contribution in [3.63, 3.8) is 0 Å². The Balaban J connectivity index is 1.62.